The van der Waals surface area contributed by atoms with Crippen LogP contribution in [0.15, 0.2) is 16.5 Å². The molecule has 4 heteroatoms. The van der Waals surface area contributed by atoms with E-state index in [-0.39, 0.29) is 11.8 Å². The molecule has 0 fully saturated rings. The average molecular weight is 176 g/mol. The summed E-state index contributed by atoms with van der Waals surface area (Å²) in [5.74, 6) is 0.491. The van der Waals surface area contributed by atoms with Crippen LogP contribution >= 0.6 is 11.6 Å². The number of hydrogen-bond donors (Lipinski definition) is 2. The molecule has 0 unspecified atom stereocenters. The van der Waals surface area contributed by atoms with Crippen molar-refractivity contribution >= 4 is 11.6 Å². The van der Waals surface area contributed by atoms with Gasteiger partial charge in [0.25, 0.3) is 0 Å². The predicted octanol–water partition coefficient (Wildman–Crippen LogP) is 1.10. The van der Waals surface area contributed by atoms with Crippen molar-refractivity contribution in [1.29, 1.82) is 0 Å². The second-order valence-corrected chi connectivity index (χ2v) is 3.05. The first kappa shape index (κ1) is 8.59. The van der Waals surface area contributed by atoms with E-state index in [0.29, 0.717) is 5.76 Å². The van der Waals surface area contributed by atoms with Crippen molar-refractivity contribution in [2.24, 2.45) is 5.73 Å². The molecule has 0 spiro atoms. The summed E-state index contributed by atoms with van der Waals surface area (Å²) in [6.45, 7) is 1.50. The molecule has 0 amide bonds. The Labute approximate surface area is 69.8 Å². The molecule has 62 valence electrons. The van der Waals surface area contributed by atoms with E-state index in [2.05, 4.69) is 0 Å². The van der Waals surface area contributed by atoms with Crippen LogP contribution in [0.5, 0.6) is 0 Å². The lowest BCUT2D eigenvalue weighted by Crippen LogP contribution is -2.36. The van der Waals surface area contributed by atoms with Gasteiger partial charge >= 0.3 is 0 Å². The highest BCUT2D eigenvalue weighted by Gasteiger charge is 2.23. The van der Waals surface area contributed by atoms with Crippen molar-refractivity contribution in [3.8, 4) is 0 Å². The Hall–Kier alpha value is -0.510. The van der Waals surface area contributed by atoms with Gasteiger partial charge in [-0.2, -0.15) is 0 Å². The van der Waals surface area contributed by atoms with Crippen LogP contribution in [-0.4, -0.2) is 11.7 Å². The van der Waals surface area contributed by atoms with Crippen LogP contribution in [0, 0.1) is 0 Å². The van der Waals surface area contributed by atoms with Gasteiger partial charge in [0.1, 0.15) is 5.76 Å². The van der Waals surface area contributed by atoms with Crippen molar-refractivity contribution in [1.82, 2.24) is 0 Å². The molecular weight excluding hydrogens is 166 g/mol. The minimum absolute atomic E-state index is 0.170. The van der Waals surface area contributed by atoms with Crippen LogP contribution in [-0.2, 0) is 5.54 Å². The second-order valence-electron chi connectivity index (χ2n) is 2.68. The van der Waals surface area contributed by atoms with Crippen LogP contribution in [0.1, 0.15) is 12.7 Å². The van der Waals surface area contributed by atoms with Gasteiger partial charge in [0.2, 0.25) is 0 Å². The van der Waals surface area contributed by atoms with Crippen molar-refractivity contribution in [2.75, 3.05) is 6.61 Å². The SMILES string of the molecule is C[C@@](N)(CO)c1ccc(Cl)o1. The summed E-state index contributed by atoms with van der Waals surface area (Å²) in [4.78, 5) is 0. The minimum atomic E-state index is -0.840. The van der Waals surface area contributed by atoms with E-state index in [0.717, 1.165) is 0 Å². The van der Waals surface area contributed by atoms with E-state index < -0.39 is 5.54 Å². The number of aliphatic hydroxyl groups excluding tert-OH is 1. The zero-order valence-corrected chi connectivity index (χ0v) is 6.93. The molecule has 1 aromatic heterocycles. The molecule has 11 heavy (non-hydrogen) atoms. The molecule has 0 radical (unpaired) electrons. The zero-order valence-electron chi connectivity index (χ0n) is 6.17. The molecule has 1 rings (SSSR count). The predicted molar refractivity (Wildman–Crippen MR) is 42.3 cm³/mol. The number of halogens is 1. The fourth-order valence-corrected chi connectivity index (χ4v) is 0.845. The van der Waals surface area contributed by atoms with Crippen LogP contribution in [0.4, 0.5) is 0 Å². The Morgan fingerprint density at radius 3 is 2.73 bits per heavy atom. The van der Waals surface area contributed by atoms with Gasteiger partial charge in [0.05, 0.1) is 12.1 Å². The molecule has 1 atom stereocenters. The van der Waals surface area contributed by atoms with Crippen molar-refractivity contribution in [3.63, 3.8) is 0 Å². The molecular formula is C7H10ClNO2. The highest BCUT2D eigenvalue weighted by atomic mass is 35.5. The summed E-state index contributed by atoms with van der Waals surface area (Å²) >= 11 is 5.52. The van der Waals surface area contributed by atoms with Crippen LogP contribution in [0.3, 0.4) is 0 Å². The Balaban J connectivity index is 2.92. The number of aliphatic hydroxyl groups is 1. The molecule has 0 aliphatic heterocycles. The van der Waals surface area contributed by atoms with E-state index in [1.165, 1.54) is 0 Å². The van der Waals surface area contributed by atoms with Gasteiger partial charge in [-0.3, -0.25) is 0 Å². The molecule has 1 aromatic rings. The fraction of sp³-hybridized carbons (Fsp3) is 0.429. The molecule has 3 N–H and O–H groups in total. The Morgan fingerprint density at radius 2 is 2.36 bits per heavy atom. The average Bonchev–Trinajstić information content (AvgIpc) is 2.36. The first-order valence-corrected chi connectivity index (χ1v) is 3.59. The number of furan rings is 1. The van der Waals surface area contributed by atoms with E-state index >= 15 is 0 Å². The summed E-state index contributed by atoms with van der Waals surface area (Å²) in [5, 5.41) is 9.11. The summed E-state index contributed by atoms with van der Waals surface area (Å²) in [5.41, 5.74) is 4.81. The maximum atomic E-state index is 8.83. The third kappa shape index (κ3) is 1.74. The number of rotatable bonds is 2. The van der Waals surface area contributed by atoms with E-state index in [4.69, 9.17) is 26.9 Å². The minimum Gasteiger partial charge on any atom is -0.448 e. The standard InChI is InChI=1S/C7H10ClNO2/c1-7(9,4-10)5-2-3-6(8)11-5/h2-3,10H,4,9H2,1H3/t7-/m1/s1. The summed E-state index contributed by atoms with van der Waals surface area (Å²) in [6, 6.07) is 3.25. The highest BCUT2D eigenvalue weighted by molar-refractivity contribution is 6.28. The topological polar surface area (TPSA) is 59.4 Å². The molecule has 1 heterocycles. The highest BCUT2D eigenvalue weighted by Crippen LogP contribution is 2.22. The summed E-state index contributed by atoms with van der Waals surface area (Å²) < 4.78 is 5.02. The lowest BCUT2D eigenvalue weighted by Gasteiger charge is -2.17. The summed E-state index contributed by atoms with van der Waals surface area (Å²) in [6.07, 6.45) is 0. The van der Waals surface area contributed by atoms with Gasteiger partial charge < -0.3 is 15.3 Å². The lowest BCUT2D eigenvalue weighted by atomic mass is 10.0. The van der Waals surface area contributed by atoms with Gasteiger partial charge in [-0.15, -0.1) is 0 Å². The van der Waals surface area contributed by atoms with Gasteiger partial charge in [-0.25, -0.2) is 0 Å². The van der Waals surface area contributed by atoms with Crippen LogP contribution < -0.4 is 5.73 Å². The second kappa shape index (κ2) is 2.85. The summed E-state index contributed by atoms with van der Waals surface area (Å²) in [7, 11) is 0. The van der Waals surface area contributed by atoms with Crippen LogP contribution in [0.25, 0.3) is 0 Å². The third-order valence-corrected chi connectivity index (χ3v) is 1.67. The maximum Gasteiger partial charge on any atom is 0.193 e. The first-order chi connectivity index (χ1) is 5.06. The monoisotopic (exact) mass is 175 g/mol. The van der Waals surface area contributed by atoms with Gasteiger partial charge in [-0.05, 0) is 30.7 Å². The first-order valence-electron chi connectivity index (χ1n) is 3.22. The van der Waals surface area contributed by atoms with E-state index in [9.17, 15) is 0 Å². The normalized spacial score (nSPS) is 16.4. The fourth-order valence-electron chi connectivity index (χ4n) is 0.699. The Bertz CT molecular complexity index is 244. The molecule has 0 bridgehead atoms. The molecule has 3 nitrogen and oxygen atoms in total. The Kier molecular flexibility index (Phi) is 2.23. The van der Waals surface area contributed by atoms with Gasteiger partial charge in [0.15, 0.2) is 5.22 Å². The van der Waals surface area contributed by atoms with Crippen molar-refractivity contribution in [3.05, 3.63) is 23.1 Å². The quantitative estimate of drug-likeness (QED) is 0.708. The maximum absolute atomic E-state index is 8.83. The molecule has 0 aliphatic carbocycles. The van der Waals surface area contributed by atoms with Crippen LogP contribution in [0.2, 0.25) is 5.22 Å². The van der Waals surface area contributed by atoms with E-state index in [1.807, 2.05) is 0 Å². The molecule has 0 aromatic carbocycles. The van der Waals surface area contributed by atoms with E-state index in [1.54, 1.807) is 19.1 Å². The Morgan fingerprint density at radius 1 is 1.73 bits per heavy atom. The van der Waals surface area contributed by atoms with Crippen molar-refractivity contribution < 1.29 is 9.52 Å². The van der Waals surface area contributed by atoms with Gasteiger partial charge in [-0.1, -0.05) is 0 Å². The smallest absolute Gasteiger partial charge is 0.193 e. The third-order valence-electron chi connectivity index (χ3n) is 1.46. The molecule has 0 saturated carbocycles. The largest absolute Gasteiger partial charge is 0.448 e. The van der Waals surface area contributed by atoms with Crippen molar-refractivity contribution in [2.45, 2.75) is 12.5 Å². The number of hydrogen-bond acceptors (Lipinski definition) is 3. The van der Waals surface area contributed by atoms with Gasteiger partial charge in [0, 0.05) is 0 Å². The molecule has 0 saturated heterocycles. The lowest BCUT2D eigenvalue weighted by molar-refractivity contribution is 0.188. The number of nitrogens with two attached hydrogens (primary N) is 1. The molecule has 0 aliphatic rings. The zero-order chi connectivity index (χ0) is 8.48.